The Bertz CT molecular complexity index is 340. The third kappa shape index (κ3) is 6.60. The molecule has 1 atom stereocenters. The van der Waals surface area contributed by atoms with Crippen LogP contribution in [0.3, 0.4) is 0 Å². The molecule has 102 valence electrons. The van der Waals surface area contributed by atoms with Crippen molar-refractivity contribution in [1.82, 2.24) is 4.31 Å². The largest absolute Gasteiger partial charge is 0.481 e. The van der Waals surface area contributed by atoms with Gasteiger partial charge in [-0.25, -0.2) is 12.7 Å². The lowest BCUT2D eigenvalue weighted by atomic mass is 10.0. The van der Waals surface area contributed by atoms with Crippen molar-refractivity contribution < 1.29 is 18.3 Å². The lowest BCUT2D eigenvalue weighted by Gasteiger charge is -2.21. The zero-order valence-electron chi connectivity index (χ0n) is 10.6. The summed E-state index contributed by atoms with van der Waals surface area (Å²) in [6, 6.07) is -0.0490. The number of carboxylic acids is 1. The van der Waals surface area contributed by atoms with E-state index in [4.69, 9.17) is 10.8 Å². The van der Waals surface area contributed by atoms with Crippen molar-refractivity contribution in [3.63, 3.8) is 0 Å². The molecule has 0 saturated carbocycles. The van der Waals surface area contributed by atoms with E-state index >= 15 is 0 Å². The molecule has 6 nitrogen and oxygen atoms in total. The Hall–Kier alpha value is -0.660. The quantitative estimate of drug-likeness (QED) is 0.648. The lowest BCUT2D eigenvalue weighted by Crippen LogP contribution is -2.36. The van der Waals surface area contributed by atoms with Crippen LogP contribution < -0.4 is 5.73 Å². The molecular weight excluding hydrogens is 244 g/mol. The summed E-state index contributed by atoms with van der Waals surface area (Å²) in [7, 11) is -2.03. The van der Waals surface area contributed by atoms with Crippen molar-refractivity contribution in [2.75, 3.05) is 19.3 Å². The average molecular weight is 266 g/mol. The van der Waals surface area contributed by atoms with E-state index in [2.05, 4.69) is 0 Å². The number of nitrogens with two attached hydrogens (primary N) is 1. The van der Waals surface area contributed by atoms with E-state index in [9.17, 15) is 13.2 Å². The van der Waals surface area contributed by atoms with E-state index in [1.807, 2.05) is 13.8 Å². The molecule has 0 bridgehead atoms. The monoisotopic (exact) mass is 266 g/mol. The minimum Gasteiger partial charge on any atom is -0.481 e. The van der Waals surface area contributed by atoms with Crippen LogP contribution in [0, 0.1) is 5.92 Å². The first kappa shape index (κ1) is 16.3. The van der Waals surface area contributed by atoms with Gasteiger partial charge in [0.2, 0.25) is 10.0 Å². The van der Waals surface area contributed by atoms with Crippen LogP contribution >= 0.6 is 0 Å². The van der Waals surface area contributed by atoms with Gasteiger partial charge in [-0.2, -0.15) is 0 Å². The Kier molecular flexibility index (Phi) is 6.66. The zero-order chi connectivity index (χ0) is 13.6. The zero-order valence-corrected chi connectivity index (χ0v) is 11.4. The van der Waals surface area contributed by atoms with Gasteiger partial charge in [0, 0.05) is 19.6 Å². The smallest absolute Gasteiger partial charge is 0.304 e. The molecule has 0 fully saturated rings. The molecule has 0 heterocycles. The predicted octanol–water partition coefficient (Wildman–Crippen LogP) is 0.0961. The molecule has 0 spiro atoms. The van der Waals surface area contributed by atoms with Crippen molar-refractivity contribution >= 4 is 16.0 Å². The Morgan fingerprint density at radius 2 is 1.94 bits per heavy atom. The second-order valence-corrected chi connectivity index (χ2v) is 6.67. The molecule has 3 N–H and O–H groups in total. The number of carbonyl (C=O) groups is 1. The van der Waals surface area contributed by atoms with Gasteiger partial charge in [-0.3, -0.25) is 4.79 Å². The van der Waals surface area contributed by atoms with Gasteiger partial charge >= 0.3 is 5.97 Å². The van der Waals surface area contributed by atoms with Crippen LogP contribution in [-0.4, -0.2) is 49.2 Å². The first-order valence-electron chi connectivity index (χ1n) is 5.58. The lowest BCUT2D eigenvalue weighted by molar-refractivity contribution is -0.136. The summed E-state index contributed by atoms with van der Waals surface area (Å²) in [4.78, 5) is 10.3. The number of hydrogen-bond donors (Lipinski definition) is 2. The summed E-state index contributed by atoms with van der Waals surface area (Å²) in [6.45, 7) is 4.27. The number of carboxylic acid groups (broad SMARTS) is 1. The minimum absolute atomic E-state index is 0.0490. The van der Waals surface area contributed by atoms with Gasteiger partial charge < -0.3 is 10.8 Å². The van der Waals surface area contributed by atoms with E-state index < -0.39 is 16.0 Å². The molecule has 0 rings (SSSR count). The first-order valence-corrected chi connectivity index (χ1v) is 7.19. The highest BCUT2D eigenvalue weighted by molar-refractivity contribution is 7.89. The number of aliphatic carboxylic acids is 1. The molecule has 0 aromatic heterocycles. The number of nitrogens with zero attached hydrogens (tertiary/aromatic N) is 1. The van der Waals surface area contributed by atoms with Gasteiger partial charge in [0.25, 0.3) is 0 Å². The summed E-state index contributed by atoms with van der Waals surface area (Å²) < 4.78 is 24.5. The van der Waals surface area contributed by atoms with E-state index in [0.717, 1.165) is 0 Å². The van der Waals surface area contributed by atoms with Gasteiger partial charge in [-0.15, -0.1) is 0 Å². The highest BCUT2D eigenvalue weighted by atomic mass is 32.2. The first-order chi connectivity index (χ1) is 7.66. The summed E-state index contributed by atoms with van der Waals surface area (Å²) in [5.41, 5.74) is 5.81. The fraction of sp³-hybridized carbons (Fsp3) is 0.900. The fourth-order valence-corrected chi connectivity index (χ4v) is 2.30. The standard InChI is InChI=1S/C10H22N2O4S/c1-8(2)9(11)4-6-12(3)17(15,16)7-5-10(13)14/h8-9H,4-7,11H2,1-3H3,(H,13,14). The summed E-state index contributed by atoms with van der Waals surface area (Å²) in [5, 5.41) is 8.45. The van der Waals surface area contributed by atoms with Crippen LogP contribution in [-0.2, 0) is 14.8 Å². The second-order valence-electron chi connectivity index (χ2n) is 4.48. The van der Waals surface area contributed by atoms with Crippen LogP contribution in [0.25, 0.3) is 0 Å². The molecule has 7 heteroatoms. The Morgan fingerprint density at radius 3 is 2.35 bits per heavy atom. The molecule has 0 saturated heterocycles. The molecule has 0 radical (unpaired) electrons. The van der Waals surface area contributed by atoms with Crippen LogP contribution in [0.1, 0.15) is 26.7 Å². The maximum Gasteiger partial charge on any atom is 0.304 e. The van der Waals surface area contributed by atoms with Gasteiger partial charge in [0.05, 0.1) is 12.2 Å². The molecule has 0 aliphatic carbocycles. The van der Waals surface area contributed by atoms with Gasteiger partial charge in [0.1, 0.15) is 0 Å². The number of hydrogen-bond acceptors (Lipinski definition) is 4. The molecule has 17 heavy (non-hydrogen) atoms. The highest BCUT2D eigenvalue weighted by Gasteiger charge is 2.20. The van der Waals surface area contributed by atoms with E-state index in [-0.39, 0.29) is 18.2 Å². The van der Waals surface area contributed by atoms with Gasteiger partial charge in [-0.05, 0) is 12.3 Å². The van der Waals surface area contributed by atoms with E-state index in [1.165, 1.54) is 11.4 Å². The second kappa shape index (κ2) is 6.93. The summed E-state index contributed by atoms with van der Waals surface area (Å²) >= 11 is 0. The number of rotatable bonds is 8. The molecule has 0 aliphatic rings. The van der Waals surface area contributed by atoms with Crippen LogP contribution in [0.15, 0.2) is 0 Å². The van der Waals surface area contributed by atoms with Crippen LogP contribution in [0.5, 0.6) is 0 Å². The molecule has 0 amide bonds. The van der Waals surface area contributed by atoms with Crippen LogP contribution in [0.2, 0.25) is 0 Å². The summed E-state index contributed by atoms with van der Waals surface area (Å²) in [5.74, 6) is -1.18. The Morgan fingerprint density at radius 1 is 1.41 bits per heavy atom. The number of sulfonamides is 1. The SMILES string of the molecule is CC(C)C(N)CCN(C)S(=O)(=O)CCC(=O)O. The summed E-state index contributed by atoms with van der Waals surface area (Å²) in [6.07, 6.45) is 0.198. The Labute approximate surface area is 103 Å². The van der Waals surface area contributed by atoms with E-state index in [0.29, 0.717) is 18.9 Å². The van der Waals surface area contributed by atoms with E-state index in [1.54, 1.807) is 0 Å². The maximum atomic E-state index is 11.6. The molecule has 0 aromatic carbocycles. The third-order valence-electron chi connectivity index (χ3n) is 2.68. The Balaban J connectivity index is 4.21. The van der Waals surface area contributed by atoms with Gasteiger partial charge in [-0.1, -0.05) is 13.8 Å². The molecule has 1 unspecified atom stereocenters. The highest BCUT2D eigenvalue weighted by Crippen LogP contribution is 2.07. The van der Waals surface area contributed by atoms with Gasteiger partial charge in [0.15, 0.2) is 0 Å². The van der Waals surface area contributed by atoms with Crippen molar-refractivity contribution in [2.45, 2.75) is 32.7 Å². The molecule has 0 aliphatic heterocycles. The predicted molar refractivity (Wildman–Crippen MR) is 66.1 cm³/mol. The fourth-order valence-electron chi connectivity index (χ4n) is 1.18. The molecular formula is C10H22N2O4S. The normalized spacial score (nSPS) is 14.2. The topological polar surface area (TPSA) is 101 Å². The average Bonchev–Trinajstić information content (AvgIpc) is 2.22. The van der Waals surface area contributed by atoms with Crippen molar-refractivity contribution in [3.8, 4) is 0 Å². The van der Waals surface area contributed by atoms with Crippen molar-refractivity contribution in [1.29, 1.82) is 0 Å². The van der Waals surface area contributed by atoms with Crippen molar-refractivity contribution in [3.05, 3.63) is 0 Å². The third-order valence-corrected chi connectivity index (χ3v) is 4.53. The minimum atomic E-state index is -3.48. The molecule has 0 aromatic rings. The maximum absolute atomic E-state index is 11.6. The van der Waals surface area contributed by atoms with Crippen molar-refractivity contribution in [2.24, 2.45) is 11.7 Å². The van der Waals surface area contributed by atoms with Crippen LogP contribution in [0.4, 0.5) is 0 Å².